The van der Waals surface area contributed by atoms with Crippen LogP contribution in [0.3, 0.4) is 0 Å². The van der Waals surface area contributed by atoms with E-state index in [1.165, 1.54) is 15.4 Å². The first-order chi connectivity index (χ1) is 11.1. The summed E-state index contributed by atoms with van der Waals surface area (Å²) < 4.78 is 2.10. The second kappa shape index (κ2) is 7.10. The Morgan fingerprint density at radius 3 is 2.83 bits per heavy atom. The van der Waals surface area contributed by atoms with Crippen LogP contribution in [0.1, 0.15) is 22.7 Å². The number of hydrogen-bond donors (Lipinski definition) is 1. The van der Waals surface area contributed by atoms with Gasteiger partial charge in [0.15, 0.2) is 0 Å². The Morgan fingerprint density at radius 2 is 2.13 bits per heavy atom. The Labute approximate surface area is 141 Å². The minimum absolute atomic E-state index is 0.980. The summed E-state index contributed by atoms with van der Waals surface area (Å²) in [5.74, 6) is 0. The van der Waals surface area contributed by atoms with E-state index in [-0.39, 0.29) is 0 Å². The maximum Gasteiger partial charge on any atom is 0.0749 e. The number of aromatic nitrogens is 4. The van der Waals surface area contributed by atoms with Crippen LogP contribution in [0.25, 0.3) is 10.6 Å². The summed E-state index contributed by atoms with van der Waals surface area (Å²) in [4.78, 5) is 4.99. The largest absolute Gasteiger partial charge is 0.301 e. The van der Waals surface area contributed by atoms with E-state index >= 15 is 0 Å². The monoisotopic (exact) mass is 329 g/mol. The number of aryl methyl sites for hydroxylation is 3. The average Bonchev–Trinajstić information content (AvgIpc) is 3.21. The second-order valence-electron chi connectivity index (χ2n) is 5.98. The topological polar surface area (TPSA) is 49.7 Å². The molecular weight excluding hydrogens is 306 g/mol. The quantitative estimate of drug-likeness (QED) is 0.722. The van der Waals surface area contributed by atoms with Gasteiger partial charge in [0.25, 0.3) is 0 Å². The van der Waals surface area contributed by atoms with Gasteiger partial charge in [0.05, 0.1) is 16.3 Å². The normalized spacial score (nSPS) is 11.5. The van der Waals surface area contributed by atoms with Crippen LogP contribution in [0.5, 0.6) is 0 Å². The van der Waals surface area contributed by atoms with Crippen LogP contribution in [0, 0.1) is 13.8 Å². The molecule has 5 nitrogen and oxygen atoms in total. The van der Waals surface area contributed by atoms with E-state index in [0.717, 1.165) is 37.4 Å². The lowest BCUT2D eigenvalue weighted by molar-refractivity contribution is 0.313. The molecule has 0 radical (unpaired) electrons. The zero-order valence-electron chi connectivity index (χ0n) is 13.9. The summed E-state index contributed by atoms with van der Waals surface area (Å²) in [6, 6.07) is 8.51. The highest BCUT2D eigenvalue weighted by molar-refractivity contribution is 7.15. The number of nitrogens with one attached hydrogen (secondary N) is 1. The molecule has 0 saturated heterocycles. The maximum atomic E-state index is 4.51. The molecule has 0 aliphatic rings. The molecule has 3 aromatic heterocycles. The molecular formula is C17H23N5S. The van der Waals surface area contributed by atoms with Crippen molar-refractivity contribution in [2.45, 2.75) is 33.4 Å². The van der Waals surface area contributed by atoms with Gasteiger partial charge in [0.2, 0.25) is 0 Å². The van der Waals surface area contributed by atoms with Crippen LogP contribution in [-0.4, -0.2) is 38.5 Å². The van der Waals surface area contributed by atoms with Crippen molar-refractivity contribution in [3.05, 3.63) is 46.7 Å². The molecule has 122 valence electrons. The lowest BCUT2D eigenvalue weighted by Crippen LogP contribution is -2.20. The van der Waals surface area contributed by atoms with E-state index in [2.05, 4.69) is 57.0 Å². The Kier molecular flexibility index (Phi) is 4.93. The predicted molar refractivity (Wildman–Crippen MR) is 94.6 cm³/mol. The van der Waals surface area contributed by atoms with Gasteiger partial charge in [-0.1, -0.05) is 0 Å². The van der Waals surface area contributed by atoms with Gasteiger partial charge in [-0.3, -0.25) is 9.78 Å². The van der Waals surface area contributed by atoms with Crippen LogP contribution in [0.4, 0.5) is 0 Å². The first kappa shape index (κ1) is 16.0. The fraction of sp³-hybridized carbons (Fsp3) is 0.412. The van der Waals surface area contributed by atoms with Crippen molar-refractivity contribution in [1.82, 2.24) is 24.9 Å². The first-order valence-electron chi connectivity index (χ1n) is 7.90. The van der Waals surface area contributed by atoms with E-state index in [0.29, 0.717) is 0 Å². The number of nitrogens with zero attached hydrogens (tertiary/aromatic N) is 4. The predicted octanol–water partition coefficient (Wildman–Crippen LogP) is 3.47. The van der Waals surface area contributed by atoms with Gasteiger partial charge >= 0.3 is 0 Å². The summed E-state index contributed by atoms with van der Waals surface area (Å²) in [5.41, 5.74) is 3.43. The fourth-order valence-corrected chi connectivity index (χ4v) is 3.80. The van der Waals surface area contributed by atoms with Crippen molar-refractivity contribution in [2.24, 2.45) is 0 Å². The van der Waals surface area contributed by atoms with Crippen molar-refractivity contribution < 1.29 is 0 Å². The number of aromatic amines is 1. The molecule has 0 amide bonds. The summed E-state index contributed by atoms with van der Waals surface area (Å²) in [5, 5.41) is 11.5. The molecule has 3 aromatic rings. The second-order valence-corrected chi connectivity index (χ2v) is 7.15. The zero-order chi connectivity index (χ0) is 16.2. The summed E-state index contributed by atoms with van der Waals surface area (Å²) in [6.45, 7) is 7.19. The molecule has 0 bridgehead atoms. The van der Waals surface area contributed by atoms with Crippen molar-refractivity contribution >= 4 is 11.3 Å². The number of thiophene rings is 1. The van der Waals surface area contributed by atoms with Crippen LogP contribution >= 0.6 is 11.3 Å². The van der Waals surface area contributed by atoms with Crippen LogP contribution in [-0.2, 0) is 13.1 Å². The molecule has 1 N–H and O–H groups in total. The molecule has 0 saturated carbocycles. The molecule has 3 rings (SSSR count). The van der Waals surface area contributed by atoms with Gasteiger partial charge < -0.3 is 4.90 Å². The van der Waals surface area contributed by atoms with Gasteiger partial charge in [-0.05, 0) is 58.1 Å². The minimum atomic E-state index is 0.980. The highest BCUT2D eigenvalue weighted by atomic mass is 32.1. The zero-order valence-corrected chi connectivity index (χ0v) is 14.7. The van der Waals surface area contributed by atoms with E-state index in [9.17, 15) is 0 Å². The van der Waals surface area contributed by atoms with E-state index in [1.54, 1.807) is 6.20 Å². The third-order valence-electron chi connectivity index (χ3n) is 3.87. The van der Waals surface area contributed by atoms with Crippen molar-refractivity contribution in [3.63, 3.8) is 0 Å². The summed E-state index contributed by atoms with van der Waals surface area (Å²) in [6.07, 6.45) is 2.90. The summed E-state index contributed by atoms with van der Waals surface area (Å²) in [7, 11) is 2.18. The fourth-order valence-electron chi connectivity index (χ4n) is 2.74. The van der Waals surface area contributed by atoms with E-state index in [4.69, 9.17) is 0 Å². The molecule has 0 unspecified atom stereocenters. The Balaban J connectivity index is 1.48. The lowest BCUT2D eigenvalue weighted by atomic mass is 10.3. The smallest absolute Gasteiger partial charge is 0.0749 e. The lowest BCUT2D eigenvalue weighted by Gasteiger charge is -2.15. The van der Waals surface area contributed by atoms with Crippen molar-refractivity contribution in [2.75, 3.05) is 13.6 Å². The Hall–Kier alpha value is -1.92. The number of H-pyrrole nitrogens is 1. The molecule has 3 heterocycles. The molecule has 0 aliphatic heterocycles. The molecule has 0 spiro atoms. The first-order valence-corrected chi connectivity index (χ1v) is 8.71. The average molecular weight is 329 g/mol. The number of hydrogen-bond acceptors (Lipinski definition) is 4. The van der Waals surface area contributed by atoms with Gasteiger partial charge in [-0.2, -0.15) is 10.2 Å². The van der Waals surface area contributed by atoms with Gasteiger partial charge in [-0.25, -0.2) is 0 Å². The molecule has 0 atom stereocenters. The van der Waals surface area contributed by atoms with Crippen LogP contribution < -0.4 is 0 Å². The third-order valence-corrected chi connectivity index (χ3v) is 4.97. The SMILES string of the molecule is Cc1cc(C)n(CCCN(C)Cc2ccc(-c3ccn[nH]3)s2)n1. The number of rotatable bonds is 7. The van der Waals surface area contributed by atoms with Crippen LogP contribution in [0.15, 0.2) is 30.5 Å². The molecule has 23 heavy (non-hydrogen) atoms. The van der Waals surface area contributed by atoms with Gasteiger partial charge in [0, 0.05) is 29.9 Å². The van der Waals surface area contributed by atoms with Gasteiger partial charge in [0.1, 0.15) is 0 Å². The van der Waals surface area contributed by atoms with E-state index in [1.807, 2.05) is 24.3 Å². The molecule has 0 fully saturated rings. The van der Waals surface area contributed by atoms with Crippen molar-refractivity contribution in [3.8, 4) is 10.6 Å². The minimum Gasteiger partial charge on any atom is -0.301 e. The van der Waals surface area contributed by atoms with E-state index < -0.39 is 0 Å². The van der Waals surface area contributed by atoms with Gasteiger partial charge in [-0.15, -0.1) is 11.3 Å². The standard InChI is InChI=1S/C17H23N5S/c1-13-11-14(2)22(20-13)10-4-9-21(3)12-15-5-6-17(23-15)16-7-8-18-19-16/h5-8,11H,4,9-10,12H2,1-3H3,(H,18,19). The Bertz CT molecular complexity index is 741. The third kappa shape index (κ3) is 4.09. The molecule has 0 aromatic carbocycles. The highest BCUT2D eigenvalue weighted by Crippen LogP contribution is 2.26. The Morgan fingerprint density at radius 1 is 1.26 bits per heavy atom. The molecule has 0 aliphatic carbocycles. The highest BCUT2D eigenvalue weighted by Gasteiger charge is 2.07. The molecule has 6 heteroatoms. The van der Waals surface area contributed by atoms with Crippen molar-refractivity contribution in [1.29, 1.82) is 0 Å². The van der Waals surface area contributed by atoms with Crippen LogP contribution in [0.2, 0.25) is 0 Å². The summed E-state index contributed by atoms with van der Waals surface area (Å²) >= 11 is 1.82. The maximum absolute atomic E-state index is 4.51.